The summed E-state index contributed by atoms with van der Waals surface area (Å²) in [6.45, 7) is 5.16. The number of carbonyl (C=O) groups is 2. The zero-order valence-electron chi connectivity index (χ0n) is 26.8. The lowest BCUT2D eigenvalue weighted by Gasteiger charge is -2.34. The maximum Gasteiger partial charge on any atom is 0.264 e. The van der Waals surface area contributed by atoms with E-state index >= 15 is 0 Å². The van der Waals surface area contributed by atoms with Gasteiger partial charge in [-0.1, -0.05) is 94.6 Å². The smallest absolute Gasteiger partial charge is 0.264 e. The third kappa shape index (κ3) is 9.37. The summed E-state index contributed by atoms with van der Waals surface area (Å²) in [4.78, 5) is 30.1. The molecule has 0 heterocycles. The molecule has 0 aliphatic carbocycles. The van der Waals surface area contributed by atoms with Crippen molar-refractivity contribution in [3.63, 3.8) is 0 Å². The number of benzene rings is 4. The molecule has 11 heteroatoms. The lowest BCUT2D eigenvalue weighted by atomic mass is 10.0. The Morgan fingerprint density at radius 3 is 2.21 bits per heavy atom. The average Bonchev–Trinajstić information content (AvgIpc) is 3.06. The SMILES string of the molecule is CCC(C)NC(=O)C(Cc1ccccc1)N(Cc1ccc(Br)cc1)C(=O)CN(c1cc(Cl)ccc1OC)S(=O)(=O)c1ccc(C)cc1. The van der Waals surface area contributed by atoms with Gasteiger partial charge in [0.2, 0.25) is 11.8 Å². The fourth-order valence-electron chi connectivity index (χ4n) is 4.99. The van der Waals surface area contributed by atoms with E-state index in [2.05, 4.69) is 21.2 Å². The van der Waals surface area contributed by atoms with Crippen molar-refractivity contribution in [3.05, 3.63) is 123 Å². The van der Waals surface area contributed by atoms with Gasteiger partial charge in [0.15, 0.2) is 0 Å². The molecule has 8 nitrogen and oxygen atoms in total. The molecule has 248 valence electrons. The second-order valence-corrected chi connectivity index (χ2v) is 14.5. The highest BCUT2D eigenvalue weighted by Crippen LogP contribution is 2.35. The van der Waals surface area contributed by atoms with Crippen LogP contribution in [0.25, 0.3) is 0 Å². The van der Waals surface area contributed by atoms with E-state index in [0.717, 1.165) is 25.5 Å². The Bertz CT molecular complexity index is 1770. The topological polar surface area (TPSA) is 96.0 Å². The number of anilines is 1. The molecule has 2 atom stereocenters. The van der Waals surface area contributed by atoms with Crippen LogP contribution in [0.2, 0.25) is 5.02 Å². The summed E-state index contributed by atoms with van der Waals surface area (Å²) in [5.41, 5.74) is 2.60. The summed E-state index contributed by atoms with van der Waals surface area (Å²) >= 11 is 9.83. The molecule has 2 amide bonds. The van der Waals surface area contributed by atoms with Crippen molar-refractivity contribution in [3.8, 4) is 5.75 Å². The van der Waals surface area contributed by atoms with Gasteiger partial charge in [-0.15, -0.1) is 0 Å². The molecule has 4 rings (SSSR count). The second kappa shape index (κ2) is 16.3. The van der Waals surface area contributed by atoms with Gasteiger partial charge in [-0.3, -0.25) is 13.9 Å². The van der Waals surface area contributed by atoms with E-state index in [1.54, 1.807) is 24.3 Å². The van der Waals surface area contributed by atoms with Gasteiger partial charge in [-0.25, -0.2) is 8.42 Å². The molecule has 0 bridgehead atoms. The van der Waals surface area contributed by atoms with Crippen molar-refractivity contribution in [1.82, 2.24) is 10.2 Å². The van der Waals surface area contributed by atoms with E-state index in [-0.39, 0.29) is 46.3 Å². The van der Waals surface area contributed by atoms with Crippen molar-refractivity contribution < 1.29 is 22.7 Å². The van der Waals surface area contributed by atoms with Crippen molar-refractivity contribution in [2.45, 2.75) is 57.1 Å². The minimum Gasteiger partial charge on any atom is -0.495 e. The summed E-state index contributed by atoms with van der Waals surface area (Å²) in [6, 6.07) is 26.7. The Labute approximate surface area is 290 Å². The predicted octanol–water partition coefficient (Wildman–Crippen LogP) is 7.17. The zero-order chi connectivity index (χ0) is 34.1. The van der Waals surface area contributed by atoms with E-state index in [1.165, 1.54) is 30.2 Å². The number of sulfonamides is 1. The largest absolute Gasteiger partial charge is 0.495 e. The first-order chi connectivity index (χ1) is 22.4. The summed E-state index contributed by atoms with van der Waals surface area (Å²) in [5.74, 6) is -0.694. The number of carbonyl (C=O) groups excluding carboxylic acids is 2. The van der Waals surface area contributed by atoms with Crippen LogP contribution in [0.3, 0.4) is 0 Å². The second-order valence-electron chi connectivity index (χ2n) is 11.3. The minimum atomic E-state index is -4.31. The van der Waals surface area contributed by atoms with Gasteiger partial charge in [0.1, 0.15) is 18.3 Å². The van der Waals surface area contributed by atoms with E-state index in [4.69, 9.17) is 16.3 Å². The zero-order valence-corrected chi connectivity index (χ0v) is 30.0. The molecule has 2 unspecified atom stereocenters. The molecule has 0 radical (unpaired) electrons. The molecule has 47 heavy (non-hydrogen) atoms. The normalized spacial score (nSPS) is 12.6. The summed E-state index contributed by atoms with van der Waals surface area (Å²) in [7, 11) is -2.90. The first-order valence-corrected chi connectivity index (χ1v) is 17.8. The van der Waals surface area contributed by atoms with Crippen LogP contribution in [0.15, 0.2) is 106 Å². The number of aryl methyl sites for hydroxylation is 1. The van der Waals surface area contributed by atoms with Crippen LogP contribution >= 0.6 is 27.5 Å². The van der Waals surface area contributed by atoms with E-state index in [0.29, 0.717) is 6.42 Å². The first kappa shape index (κ1) is 36.0. The van der Waals surface area contributed by atoms with Gasteiger partial charge in [0.25, 0.3) is 10.0 Å². The standard InChI is InChI=1S/C36H39BrClN3O5S/c1-5-26(3)39-36(43)33(21-27-9-7-6-8-10-27)40(23-28-13-15-29(37)16-14-28)35(42)24-41(32-22-30(38)17-20-34(32)46-4)47(44,45)31-18-11-25(2)12-19-31/h6-20,22,26,33H,5,21,23-24H2,1-4H3,(H,39,43). The third-order valence-electron chi connectivity index (χ3n) is 7.84. The van der Waals surface area contributed by atoms with Gasteiger partial charge in [-0.2, -0.15) is 0 Å². The van der Waals surface area contributed by atoms with Gasteiger partial charge < -0.3 is 15.0 Å². The molecule has 4 aromatic rings. The molecule has 1 N–H and O–H groups in total. The Morgan fingerprint density at radius 2 is 1.60 bits per heavy atom. The molecule has 0 spiro atoms. The number of nitrogens with zero attached hydrogens (tertiary/aromatic N) is 2. The first-order valence-electron chi connectivity index (χ1n) is 15.2. The molecule has 0 aromatic heterocycles. The number of nitrogens with one attached hydrogen (secondary N) is 1. The quantitative estimate of drug-likeness (QED) is 0.148. The maximum absolute atomic E-state index is 14.7. The Morgan fingerprint density at radius 1 is 0.936 bits per heavy atom. The van der Waals surface area contributed by atoms with E-state index < -0.39 is 28.5 Å². The van der Waals surface area contributed by atoms with Gasteiger partial charge in [-0.05, 0) is 73.9 Å². The maximum atomic E-state index is 14.7. The van der Waals surface area contributed by atoms with Gasteiger partial charge >= 0.3 is 0 Å². The van der Waals surface area contributed by atoms with Crippen LogP contribution in [0.5, 0.6) is 5.75 Å². The lowest BCUT2D eigenvalue weighted by molar-refractivity contribution is -0.140. The number of amides is 2. The van der Waals surface area contributed by atoms with Crippen molar-refractivity contribution in [2.75, 3.05) is 18.0 Å². The number of halogens is 2. The van der Waals surface area contributed by atoms with Gasteiger partial charge in [0.05, 0.1) is 17.7 Å². The highest BCUT2D eigenvalue weighted by molar-refractivity contribution is 9.10. The van der Waals surface area contributed by atoms with Crippen molar-refractivity contribution in [2.24, 2.45) is 0 Å². The number of hydrogen-bond donors (Lipinski definition) is 1. The Hall–Kier alpha value is -3.86. The van der Waals surface area contributed by atoms with Crippen molar-refractivity contribution >= 4 is 55.1 Å². The number of rotatable bonds is 14. The highest BCUT2D eigenvalue weighted by Gasteiger charge is 2.36. The van der Waals surface area contributed by atoms with Crippen molar-refractivity contribution in [1.29, 1.82) is 0 Å². The van der Waals surface area contributed by atoms with E-state index in [9.17, 15) is 18.0 Å². The average molecular weight is 741 g/mol. The molecule has 4 aromatic carbocycles. The number of ether oxygens (including phenoxy) is 1. The summed E-state index contributed by atoms with van der Waals surface area (Å²) in [5, 5.41) is 3.31. The van der Waals surface area contributed by atoms with Gasteiger partial charge in [0, 0.05) is 28.5 Å². The minimum absolute atomic E-state index is 0.00672. The third-order valence-corrected chi connectivity index (χ3v) is 10.4. The molecule has 0 saturated carbocycles. The van der Waals surface area contributed by atoms with Crippen LogP contribution in [-0.2, 0) is 32.6 Å². The van der Waals surface area contributed by atoms with E-state index in [1.807, 2.05) is 75.4 Å². The molecular weight excluding hydrogens is 702 g/mol. The Balaban J connectivity index is 1.85. The summed E-state index contributed by atoms with van der Waals surface area (Å²) in [6.07, 6.45) is 0.915. The summed E-state index contributed by atoms with van der Waals surface area (Å²) < 4.78 is 36.1. The monoisotopic (exact) mass is 739 g/mol. The molecular formula is C36H39BrClN3O5S. The predicted molar refractivity (Wildman–Crippen MR) is 190 cm³/mol. The van der Waals surface area contributed by atoms with Crippen LogP contribution in [-0.4, -0.2) is 50.9 Å². The molecule has 0 fully saturated rings. The fraction of sp³-hybridized carbons (Fsp3) is 0.278. The Kier molecular flexibility index (Phi) is 12.5. The highest BCUT2D eigenvalue weighted by atomic mass is 79.9. The lowest BCUT2D eigenvalue weighted by Crippen LogP contribution is -2.54. The van der Waals surface area contributed by atoms with Crippen LogP contribution < -0.4 is 14.4 Å². The number of hydrogen-bond acceptors (Lipinski definition) is 5. The van der Waals surface area contributed by atoms with Crippen LogP contribution in [0.1, 0.15) is 37.0 Å². The molecule has 0 saturated heterocycles. The fourth-order valence-corrected chi connectivity index (χ4v) is 6.84. The van der Waals surface area contributed by atoms with Crippen LogP contribution in [0, 0.1) is 6.92 Å². The molecule has 0 aliphatic heterocycles. The molecule has 0 aliphatic rings. The van der Waals surface area contributed by atoms with Crippen LogP contribution in [0.4, 0.5) is 5.69 Å². The number of methoxy groups -OCH3 is 1.